The fraction of sp³-hybridized carbons (Fsp3) is 0.462. The molecule has 1 saturated heterocycles. The Morgan fingerprint density at radius 1 is 1.38 bits per heavy atom. The van der Waals surface area contributed by atoms with Gasteiger partial charge in [0.1, 0.15) is 5.75 Å². The van der Waals surface area contributed by atoms with Crippen molar-refractivity contribution in [1.82, 2.24) is 0 Å². The molecule has 1 spiro atoms. The van der Waals surface area contributed by atoms with E-state index in [-0.39, 0.29) is 11.4 Å². The predicted molar refractivity (Wildman–Crippen MR) is 58.4 cm³/mol. The zero-order chi connectivity index (χ0) is 11.2. The van der Waals surface area contributed by atoms with Gasteiger partial charge in [-0.1, -0.05) is 12.1 Å². The highest BCUT2D eigenvalue weighted by atomic mass is 16.5. The molecule has 2 fully saturated rings. The van der Waals surface area contributed by atoms with Crippen LogP contribution in [0.2, 0.25) is 0 Å². The van der Waals surface area contributed by atoms with Gasteiger partial charge in [-0.15, -0.1) is 0 Å². The van der Waals surface area contributed by atoms with Gasteiger partial charge in [0.15, 0.2) is 0 Å². The van der Waals surface area contributed by atoms with Crippen LogP contribution in [0.1, 0.15) is 24.3 Å². The number of esters is 1. The average Bonchev–Trinajstić information content (AvgIpc) is 2.94. The second-order valence-corrected chi connectivity index (χ2v) is 4.57. The lowest BCUT2D eigenvalue weighted by molar-refractivity contribution is -0.142. The fourth-order valence-electron chi connectivity index (χ4n) is 2.65. The molecule has 1 aliphatic carbocycles. The number of benzene rings is 1. The summed E-state index contributed by atoms with van der Waals surface area (Å²) in [7, 11) is 1.65. The molecular weight excluding hydrogens is 204 g/mol. The van der Waals surface area contributed by atoms with Crippen molar-refractivity contribution in [3.63, 3.8) is 0 Å². The SMILES string of the molecule is COc1ccc([C@@H]2C[C@]23CCOC3=O)cc1. The zero-order valence-corrected chi connectivity index (χ0v) is 9.23. The standard InChI is InChI=1S/C13H14O3/c1-15-10-4-2-9(3-5-10)11-8-13(11)6-7-16-12(13)14/h2-5,11H,6-8H2,1H3/t11-,13+/m0/s1. The van der Waals surface area contributed by atoms with Crippen molar-refractivity contribution in [2.45, 2.75) is 18.8 Å². The maximum absolute atomic E-state index is 11.6. The Morgan fingerprint density at radius 3 is 2.69 bits per heavy atom. The van der Waals surface area contributed by atoms with Gasteiger partial charge in [-0.25, -0.2) is 0 Å². The van der Waals surface area contributed by atoms with Crippen LogP contribution in [-0.2, 0) is 9.53 Å². The highest BCUT2D eigenvalue weighted by Crippen LogP contribution is 2.64. The van der Waals surface area contributed by atoms with E-state index in [9.17, 15) is 4.79 Å². The number of cyclic esters (lactones) is 1. The molecule has 16 heavy (non-hydrogen) atoms. The second kappa shape index (κ2) is 3.24. The molecule has 1 heterocycles. The van der Waals surface area contributed by atoms with Gasteiger partial charge in [0.2, 0.25) is 0 Å². The first-order valence-electron chi connectivity index (χ1n) is 5.57. The molecule has 0 N–H and O–H groups in total. The van der Waals surface area contributed by atoms with E-state index in [0.717, 1.165) is 18.6 Å². The van der Waals surface area contributed by atoms with E-state index in [4.69, 9.17) is 9.47 Å². The quantitative estimate of drug-likeness (QED) is 0.713. The molecule has 0 bridgehead atoms. The molecule has 0 amide bonds. The number of carbonyl (C=O) groups is 1. The summed E-state index contributed by atoms with van der Waals surface area (Å²) in [6.07, 6.45) is 1.82. The lowest BCUT2D eigenvalue weighted by atomic mass is 9.98. The smallest absolute Gasteiger partial charge is 0.312 e. The lowest BCUT2D eigenvalue weighted by Crippen LogP contribution is -2.10. The molecular formula is C13H14O3. The number of hydrogen-bond acceptors (Lipinski definition) is 3. The van der Waals surface area contributed by atoms with Crippen LogP contribution in [0.5, 0.6) is 5.75 Å². The van der Waals surface area contributed by atoms with Crippen LogP contribution in [0.25, 0.3) is 0 Å². The normalized spacial score (nSPS) is 31.6. The minimum atomic E-state index is -0.186. The van der Waals surface area contributed by atoms with E-state index in [1.54, 1.807) is 7.11 Å². The van der Waals surface area contributed by atoms with Crippen LogP contribution in [0.4, 0.5) is 0 Å². The third kappa shape index (κ3) is 1.24. The molecule has 2 aliphatic rings. The Labute approximate surface area is 94.4 Å². The number of methoxy groups -OCH3 is 1. The summed E-state index contributed by atoms with van der Waals surface area (Å²) in [6, 6.07) is 7.98. The Kier molecular flexibility index (Phi) is 1.96. The monoisotopic (exact) mass is 218 g/mol. The molecule has 3 heteroatoms. The highest BCUT2D eigenvalue weighted by molar-refractivity contribution is 5.84. The first-order chi connectivity index (χ1) is 7.76. The largest absolute Gasteiger partial charge is 0.497 e. The van der Waals surface area contributed by atoms with Crippen LogP contribution in [0, 0.1) is 5.41 Å². The van der Waals surface area contributed by atoms with Crippen molar-refractivity contribution >= 4 is 5.97 Å². The topological polar surface area (TPSA) is 35.5 Å². The molecule has 2 atom stereocenters. The van der Waals surface area contributed by atoms with Crippen LogP contribution < -0.4 is 4.74 Å². The van der Waals surface area contributed by atoms with Crippen molar-refractivity contribution < 1.29 is 14.3 Å². The highest BCUT2D eigenvalue weighted by Gasteiger charge is 2.63. The van der Waals surface area contributed by atoms with Crippen molar-refractivity contribution in [3.05, 3.63) is 29.8 Å². The van der Waals surface area contributed by atoms with E-state index in [1.165, 1.54) is 5.56 Å². The Bertz CT molecular complexity index is 423. The minimum absolute atomic E-state index is 0.00619. The summed E-state index contributed by atoms with van der Waals surface area (Å²) in [5.41, 5.74) is 1.04. The number of ether oxygens (including phenoxy) is 2. The Morgan fingerprint density at radius 2 is 2.12 bits per heavy atom. The minimum Gasteiger partial charge on any atom is -0.497 e. The summed E-state index contributed by atoms with van der Waals surface area (Å²) in [5, 5.41) is 0. The zero-order valence-electron chi connectivity index (χ0n) is 9.23. The Hall–Kier alpha value is -1.51. The molecule has 3 rings (SSSR count). The third-order valence-electron chi connectivity index (χ3n) is 3.78. The molecule has 0 unspecified atom stereocenters. The van der Waals surface area contributed by atoms with Crippen LogP contribution in [0.15, 0.2) is 24.3 Å². The molecule has 3 nitrogen and oxygen atoms in total. The van der Waals surface area contributed by atoms with Gasteiger partial charge < -0.3 is 9.47 Å². The van der Waals surface area contributed by atoms with Gasteiger partial charge in [-0.05, 0) is 30.5 Å². The predicted octanol–water partition coefficient (Wildman–Crippen LogP) is 2.12. The summed E-state index contributed by atoms with van der Waals surface area (Å²) in [4.78, 5) is 11.6. The second-order valence-electron chi connectivity index (χ2n) is 4.57. The molecule has 1 saturated carbocycles. The van der Waals surface area contributed by atoms with Gasteiger partial charge in [0, 0.05) is 5.92 Å². The van der Waals surface area contributed by atoms with Gasteiger partial charge in [0.05, 0.1) is 19.1 Å². The third-order valence-corrected chi connectivity index (χ3v) is 3.78. The average molecular weight is 218 g/mol. The molecule has 0 radical (unpaired) electrons. The van der Waals surface area contributed by atoms with Crippen molar-refractivity contribution in [3.8, 4) is 5.75 Å². The van der Waals surface area contributed by atoms with Gasteiger partial charge in [-0.2, -0.15) is 0 Å². The van der Waals surface area contributed by atoms with Crippen molar-refractivity contribution in [1.29, 1.82) is 0 Å². The summed E-state index contributed by atoms with van der Waals surface area (Å²) >= 11 is 0. The number of carbonyl (C=O) groups excluding carboxylic acids is 1. The van der Waals surface area contributed by atoms with Gasteiger partial charge >= 0.3 is 5.97 Å². The molecule has 0 aromatic heterocycles. The van der Waals surface area contributed by atoms with E-state index < -0.39 is 0 Å². The van der Waals surface area contributed by atoms with Crippen LogP contribution >= 0.6 is 0 Å². The number of hydrogen-bond donors (Lipinski definition) is 0. The van der Waals surface area contributed by atoms with Crippen molar-refractivity contribution in [2.24, 2.45) is 5.41 Å². The molecule has 1 aromatic carbocycles. The molecule has 1 aromatic rings. The van der Waals surface area contributed by atoms with E-state index in [0.29, 0.717) is 12.5 Å². The maximum atomic E-state index is 11.6. The summed E-state index contributed by atoms with van der Waals surface area (Å²) < 4.78 is 10.2. The van der Waals surface area contributed by atoms with Gasteiger partial charge in [0.25, 0.3) is 0 Å². The maximum Gasteiger partial charge on any atom is 0.312 e. The van der Waals surface area contributed by atoms with E-state index in [2.05, 4.69) is 0 Å². The molecule has 84 valence electrons. The fourth-order valence-corrected chi connectivity index (χ4v) is 2.65. The first-order valence-corrected chi connectivity index (χ1v) is 5.57. The van der Waals surface area contributed by atoms with E-state index >= 15 is 0 Å². The number of rotatable bonds is 2. The summed E-state index contributed by atoms with van der Waals surface area (Å²) in [5.74, 6) is 1.20. The van der Waals surface area contributed by atoms with Crippen LogP contribution in [-0.4, -0.2) is 19.7 Å². The lowest BCUT2D eigenvalue weighted by Gasteiger charge is -2.05. The molecule has 1 aliphatic heterocycles. The first kappa shape index (κ1) is 9.70. The van der Waals surface area contributed by atoms with Gasteiger partial charge in [-0.3, -0.25) is 4.79 Å². The summed E-state index contributed by atoms with van der Waals surface area (Å²) in [6.45, 7) is 0.589. The Balaban J connectivity index is 1.82. The van der Waals surface area contributed by atoms with Crippen molar-refractivity contribution in [2.75, 3.05) is 13.7 Å². The van der Waals surface area contributed by atoms with Crippen LogP contribution in [0.3, 0.4) is 0 Å². The van der Waals surface area contributed by atoms with E-state index in [1.807, 2.05) is 24.3 Å².